The van der Waals surface area contributed by atoms with Crippen molar-refractivity contribution in [3.05, 3.63) is 210 Å². The third kappa shape index (κ3) is 6.75. The predicted octanol–water partition coefficient (Wildman–Crippen LogP) is 21.0. The lowest BCUT2D eigenvalue weighted by atomic mass is 9.83. The molecule has 5 nitrogen and oxygen atoms in total. The molecule has 0 atom stereocenters. The first-order valence-corrected chi connectivity index (χ1v) is 26.2. The minimum absolute atomic E-state index is 0.0383. The summed E-state index contributed by atoms with van der Waals surface area (Å²) in [6.45, 7) is 18.3. The Labute approximate surface area is 431 Å². The summed E-state index contributed by atoms with van der Waals surface area (Å²) in [4.78, 5) is 7.46. The zero-order valence-electron chi connectivity index (χ0n) is 43.2. The topological polar surface area (TPSA) is 36.0 Å². The number of anilines is 9. The molecule has 11 aromatic carbocycles. The van der Waals surface area contributed by atoms with Crippen molar-refractivity contribution >= 4 is 127 Å². The van der Waals surface area contributed by atoms with Gasteiger partial charge in [-0.3, -0.25) is 0 Å². The molecular weight excluding hydrogens is 903 g/mol. The molecule has 0 amide bonds. The van der Waals surface area contributed by atoms with Gasteiger partial charge in [0.25, 0.3) is 0 Å². The highest BCUT2D eigenvalue weighted by Gasteiger charge is 2.31. The third-order valence-electron chi connectivity index (χ3n) is 15.8. The molecule has 0 spiro atoms. The van der Waals surface area contributed by atoms with E-state index in [1.54, 1.807) is 0 Å². The van der Waals surface area contributed by atoms with Crippen molar-refractivity contribution in [2.75, 3.05) is 14.7 Å². The highest BCUT2D eigenvalue weighted by atomic mass is 16.3. The first-order valence-electron chi connectivity index (χ1n) is 26.2. The van der Waals surface area contributed by atoms with Gasteiger partial charge >= 0.3 is 0 Å². The van der Waals surface area contributed by atoms with Crippen LogP contribution in [-0.4, -0.2) is 0 Å². The van der Waals surface area contributed by atoms with Gasteiger partial charge in [0.15, 0.2) is 11.2 Å². The zero-order chi connectivity index (χ0) is 50.3. The SMILES string of the molecule is Cc1ccc(N2c3cc(C(C)C)cc(c3)N(c3cccc4c3oc3ccccc34)c3cc(c4ccc5cc(C(C)(C)C)cc6ccc3c4c65)N(c3cccc4c3oc3ccccc34)c3cc(C(C)C)cc2c3)cc1. The van der Waals surface area contributed by atoms with Gasteiger partial charge in [0, 0.05) is 66.1 Å². The average molecular weight is 960 g/mol. The van der Waals surface area contributed by atoms with Crippen molar-refractivity contribution < 1.29 is 8.83 Å². The summed E-state index contributed by atoms with van der Waals surface area (Å²) in [5, 5.41) is 11.6. The number of fused-ring (bicyclic) bond motifs is 14. The van der Waals surface area contributed by atoms with Crippen LogP contribution in [0.1, 0.15) is 82.6 Å². The maximum absolute atomic E-state index is 7.06. The molecule has 74 heavy (non-hydrogen) atoms. The van der Waals surface area contributed by atoms with E-state index in [2.05, 4.69) is 258 Å². The van der Waals surface area contributed by atoms with E-state index in [0.717, 1.165) is 106 Å². The molecule has 14 rings (SSSR count). The summed E-state index contributed by atoms with van der Waals surface area (Å²) in [6, 6.07) is 70.3. The Balaban J connectivity index is 1.22. The van der Waals surface area contributed by atoms with E-state index < -0.39 is 0 Å². The maximum atomic E-state index is 7.06. The minimum atomic E-state index is -0.0383. The summed E-state index contributed by atoms with van der Waals surface area (Å²) in [5.74, 6) is 0.438. The van der Waals surface area contributed by atoms with Crippen LogP contribution in [0.15, 0.2) is 197 Å². The van der Waals surface area contributed by atoms with Gasteiger partial charge in [-0.2, -0.15) is 0 Å². The van der Waals surface area contributed by atoms with Crippen molar-refractivity contribution in [3.8, 4) is 0 Å². The average Bonchev–Trinajstić information content (AvgIpc) is 3.98. The zero-order valence-corrected chi connectivity index (χ0v) is 43.2. The van der Waals surface area contributed by atoms with Crippen LogP contribution in [0.4, 0.5) is 51.2 Å². The lowest BCUT2D eigenvalue weighted by molar-refractivity contribution is 0.591. The molecule has 3 heterocycles. The van der Waals surface area contributed by atoms with Crippen LogP contribution in [-0.2, 0) is 5.41 Å². The van der Waals surface area contributed by atoms with E-state index in [1.807, 2.05) is 0 Å². The number of furan rings is 2. The number of benzene rings is 11. The molecule has 0 saturated heterocycles. The number of aryl methyl sites for hydroxylation is 1. The molecule has 0 N–H and O–H groups in total. The smallest absolute Gasteiger partial charge is 0.159 e. The second-order valence-electron chi connectivity index (χ2n) is 22.3. The van der Waals surface area contributed by atoms with Crippen LogP contribution in [0.5, 0.6) is 0 Å². The van der Waals surface area contributed by atoms with Gasteiger partial charge in [-0.05, 0) is 136 Å². The predicted molar refractivity (Wildman–Crippen MR) is 314 cm³/mol. The molecule has 0 fully saturated rings. The largest absolute Gasteiger partial charge is 0.454 e. The molecule has 13 aromatic rings. The summed E-state index contributed by atoms with van der Waals surface area (Å²) < 4.78 is 14.1. The first-order chi connectivity index (χ1) is 35.9. The van der Waals surface area contributed by atoms with Gasteiger partial charge in [-0.1, -0.05) is 163 Å². The Morgan fingerprint density at radius 3 is 1.27 bits per heavy atom. The van der Waals surface area contributed by atoms with Gasteiger partial charge < -0.3 is 23.5 Å². The Bertz CT molecular complexity index is 4150. The molecule has 1 aliphatic heterocycles. The van der Waals surface area contributed by atoms with Crippen LogP contribution in [0.3, 0.4) is 0 Å². The van der Waals surface area contributed by atoms with Crippen LogP contribution in [0, 0.1) is 6.92 Å². The fourth-order valence-corrected chi connectivity index (χ4v) is 11.9. The monoisotopic (exact) mass is 959 g/mol. The molecule has 6 bridgehead atoms. The van der Waals surface area contributed by atoms with Gasteiger partial charge in [-0.15, -0.1) is 0 Å². The normalized spacial score (nSPS) is 13.3. The standard InChI is InChI=1S/C69H57N3O2/c1-40(2)45-33-49-37-51(35-45)71(59-19-13-17-55-53-15-9-11-21-63(53)73-67(55)59)61-39-62(58-30-26-44-32-47(69(6,7)8)31-43-25-29-57(61)66(58)65(43)44)72(60-20-14-18-56-54-16-10-12-22-64(54)74-68(56)60)52-36-46(41(3)4)34-50(38-52)70(49)48-27-23-42(5)24-28-48/h9-41H,1-8H3. The fourth-order valence-electron chi connectivity index (χ4n) is 11.9. The van der Waals surface area contributed by atoms with Crippen molar-refractivity contribution in [2.24, 2.45) is 0 Å². The summed E-state index contributed by atoms with van der Waals surface area (Å²) in [5.41, 5.74) is 17.7. The third-order valence-corrected chi connectivity index (χ3v) is 15.8. The van der Waals surface area contributed by atoms with E-state index in [9.17, 15) is 0 Å². The van der Waals surface area contributed by atoms with Crippen molar-refractivity contribution in [1.82, 2.24) is 0 Å². The quantitative estimate of drug-likeness (QED) is 0.161. The summed E-state index contributed by atoms with van der Waals surface area (Å²) in [6.07, 6.45) is 0. The van der Waals surface area contributed by atoms with E-state index in [0.29, 0.717) is 0 Å². The first kappa shape index (κ1) is 44.2. The van der Waals surface area contributed by atoms with Gasteiger partial charge in [0.1, 0.15) is 11.2 Å². The number of nitrogens with zero attached hydrogens (tertiary/aromatic N) is 3. The lowest BCUT2D eigenvalue weighted by Crippen LogP contribution is -2.18. The Kier molecular flexibility index (Phi) is 9.69. The molecule has 0 saturated carbocycles. The molecule has 0 aliphatic carbocycles. The van der Waals surface area contributed by atoms with Crippen LogP contribution < -0.4 is 14.7 Å². The van der Waals surface area contributed by atoms with Crippen molar-refractivity contribution in [1.29, 1.82) is 0 Å². The second kappa shape index (κ2) is 16.2. The van der Waals surface area contributed by atoms with E-state index in [-0.39, 0.29) is 17.3 Å². The molecule has 1 aliphatic rings. The van der Waals surface area contributed by atoms with E-state index >= 15 is 0 Å². The van der Waals surface area contributed by atoms with Crippen LogP contribution in [0.25, 0.3) is 76.2 Å². The highest BCUT2D eigenvalue weighted by Crippen LogP contribution is 2.55. The summed E-state index contributed by atoms with van der Waals surface area (Å²) >= 11 is 0. The van der Waals surface area contributed by atoms with E-state index in [4.69, 9.17) is 8.83 Å². The molecule has 0 unspecified atom stereocenters. The second-order valence-corrected chi connectivity index (χ2v) is 22.3. The minimum Gasteiger partial charge on any atom is -0.454 e. The fraction of sp³-hybridized carbons (Fsp3) is 0.159. The summed E-state index contributed by atoms with van der Waals surface area (Å²) in [7, 11) is 0. The Morgan fingerprint density at radius 2 is 0.811 bits per heavy atom. The van der Waals surface area contributed by atoms with Gasteiger partial charge in [0.05, 0.1) is 22.7 Å². The van der Waals surface area contributed by atoms with E-state index in [1.165, 1.54) is 43.8 Å². The number of para-hydroxylation sites is 4. The lowest BCUT2D eigenvalue weighted by Gasteiger charge is -2.36. The number of hydrogen-bond acceptors (Lipinski definition) is 5. The van der Waals surface area contributed by atoms with Crippen LogP contribution in [0.2, 0.25) is 0 Å². The van der Waals surface area contributed by atoms with Gasteiger partial charge in [-0.25, -0.2) is 0 Å². The molecular formula is C69H57N3O2. The maximum Gasteiger partial charge on any atom is 0.159 e. The number of hydrogen-bond donors (Lipinski definition) is 0. The van der Waals surface area contributed by atoms with Crippen molar-refractivity contribution in [2.45, 2.75) is 72.6 Å². The Morgan fingerprint density at radius 1 is 0.365 bits per heavy atom. The molecule has 360 valence electrons. The van der Waals surface area contributed by atoms with Crippen LogP contribution >= 0.6 is 0 Å². The molecule has 0 radical (unpaired) electrons. The van der Waals surface area contributed by atoms with Crippen molar-refractivity contribution in [3.63, 3.8) is 0 Å². The molecule has 2 aromatic heterocycles. The Hall–Kier alpha value is -8.54. The molecule has 5 heteroatoms. The van der Waals surface area contributed by atoms with Gasteiger partial charge in [0.2, 0.25) is 0 Å². The number of rotatable bonds is 5. The highest BCUT2D eigenvalue weighted by molar-refractivity contribution is 6.30.